The van der Waals surface area contributed by atoms with Crippen molar-refractivity contribution in [3.05, 3.63) is 29.3 Å². The van der Waals surface area contributed by atoms with Gasteiger partial charge < -0.3 is 20.5 Å². The molecule has 0 heterocycles. The maximum Gasteiger partial charge on any atom is 0.191 e. The zero-order valence-electron chi connectivity index (χ0n) is 15.1. The van der Waals surface area contributed by atoms with E-state index in [1.165, 1.54) is 0 Å². The van der Waals surface area contributed by atoms with E-state index in [1.54, 1.807) is 6.07 Å². The van der Waals surface area contributed by atoms with E-state index >= 15 is 0 Å². The summed E-state index contributed by atoms with van der Waals surface area (Å²) in [5.41, 5.74) is 0. The Bertz CT molecular complexity index is 483. The first-order valence-electron chi connectivity index (χ1n) is 8.71. The Morgan fingerprint density at radius 1 is 1.28 bits per heavy atom. The molecule has 1 rings (SSSR count). The number of hydrogen-bond donors (Lipinski definition) is 3. The molecule has 0 amide bonds. The topological polar surface area (TPSA) is 65.9 Å². The van der Waals surface area contributed by atoms with Gasteiger partial charge in [0, 0.05) is 24.7 Å². The lowest BCUT2D eigenvalue weighted by Gasteiger charge is -2.15. The fourth-order valence-corrected chi connectivity index (χ4v) is 2.56. The quantitative estimate of drug-likeness (QED) is 0.194. The van der Waals surface area contributed by atoms with Crippen molar-refractivity contribution in [2.24, 2.45) is 10.9 Å². The number of benzene rings is 1. The van der Waals surface area contributed by atoms with E-state index < -0.39 is 0 Å². The summed E-state index contributed by atoms with van der Waals surface area (Å²) in [4.78, 5) is 4.62. The van der Waals surface area contributed by atoms with Crippen molar-refractivity contribution < 1.29 is 9.84 Å². The van der Waals surface area contributed by atoms with Crippen molar-refractivity contribution in [3.63, 3.8) is 0 Å². The first-order chi connectivity index (χ1) is 11.7. The van der Waals surface area contributed by atoms with Gasteiger partial charge in [0.15, 0.2) is 5.96 Å². The lowest BCUT2D eigenvalue weighted by atomic mass is 10.0. The van der Waals surface area contributed by atoms with E-state index in [-0.39, 0.29) is 30.6 Å². The molecular weight excluding hydrogens is 453 g/mol. The number of aliphatic hydroxyl groups excluding tert-OH is 1. The second-order valence-corrected chi connectivity index (χ2v) is 6.06. The van der Waals surface area contributed by atoms with Gasteiger partial charge in [0.1, 0.15) is 12.4 Å². The van der Waals surface area contributed by atoms with Crippen LogP contribution in [0.25, 0.3) is 0 Å². The molecule has 25 heavy (non-hydrogen) atoms. The molecule has 0 aromatic heterocycles. The maximum atomic E-state index is 9.13. The summed E-state index contributed by atoms with van der Waals surface area (Å²) in [6.07, 6.45) is 2.99. The smallest absolute Gasteiger partial charge is 0.191 e. The number of halogens is 2. The van der Waals surface area contributed by atoms with Gasteiger partial charge >= 0.3 is 0 Å². The largest absolute Gasteiger partial charge is 0.492 e. The molecule has 0 aliphatic rings. The molecule has 1 unspecified atom stereocenters. The zero-order chi connectivity index (χ0) is 17.6. The number of nitrogens with zero attached hydrogens (tertiary/aromatic N) is 1. The van der Waals surface area contributed by atoms with Crippen LogP contribution < -0.4 is 15.4 Å². The third-order valence-electron chi connectivity index (χ3n) is 3.55. The van der Waals surface area contributed by atoms with Crippen LogP contribution in [-0.2, 0) is 0 Å². The number of nitrogens with one attached hydrogen (secondary N) is 2. The molecule has 0 aliphatic carbocycles. The summed E-state index contributed by atoms with van der Waals surface area (Å²) in [6.45, 7) is 7.12. The third kappa shape index (κ3) is 11.5. The van der Waals surface area contributed by atoms with E-state index in [1.807, 2.05) is 25.1 Å². The van der Waals surface area contributed by atoms with Crippen molar-refractivity contribution >= 4 is 41.5 Å². The number of guanidine groups is 1. The maximum absolute atomic E-state index is 9.13. The van der Waals surface area contributed by atoms with E-state index in [9.17, 15) is 0 Å². The van der Waals surface area contributed by atoms with Crippen LogP contribution in [0.2, 0.25) is 5.02 Å². The minimum absolute atomic E-state index is 0. The van der Waals surface area contributed by atoms with E-state index in [0.717, 1.165) is 44.1 Å². The highest BCUT2D eigenvalue weighted by Crippen LogP contribution is 2.16. The molecule has 0 saturated heterocycles. The van der Waals surface area contributed by atoms with Crippen molar-refractivity contribution in [2.45, 2.75) is 33.1 Å². The fraction of sp³-hybridized carbons (Fsp3) is 0.611. The molecule has 0 fully saturated rings. The monoisotopic (exact) mass is 483 g/mol. The molecule has 144 valence electrons. The van der Waals surface area contributed by atoms with Crippen LogP contribution in [-0.4, -0.2) is 43.9 Å². The molecule has 0 aliphatic heterocycles. The zero-order valence-corrected chi connectivity index (χ0v) is 18.2. The highest BCUT2D eigenvalue weighted by atomic mass is 127. The number of hydrogen-bond acceptors (Lipinski definition) is 3. The van der Waals surface area contributed by atoms with Gasteiger partial charge in [-0.15, -0.1) is 24.0 Å². The number of aliphatic imine (C=N–C) groups is 1. The molecular formula is C18H31ClIN3O2. The van der Waals surface area contributed by atoms with Gasteiger partial charge in [-0.05, 0) is 43.9 Å². The summed E-state index contributed by atoms with van der Waals surface area (Å²) >= 11 is 5.93. The molecule has 0 spiro atoms. The average Bonchev–Trinajstić information content (AvgIpc) is 2.56. The Kier molecular flexibility index (Phi) is 15.1. The van der Waals surface area contributed by atoms with Gasteiger partial charge in [0.05, 0.1) is 6.54 Å². The van der Waals surface area contributed by atoms with Crippen molar-refractivity contribution in [2.75, 3.05) is 32.8 Å². The lowest BCUT2D eigenvalue weighted by molar-refractivity contribution is 0.253. The molecule has 1 aromatic carbocycles. The molecule has 0 bridgehead atoms. The number of rotatable bonds is 11. The Labute approximate surface area is 173 Å². The van der Waals surface area contributed by atoms with Crippen LogP contribution in [0.1, 0.15) is 33.1 Å². The molecule has 1 atom stereocenters. The number of aliphatic hydroxyl groups is 1. The first kappa shape index (κ1) is 24.3. The predicted octanol–water partition coefficient (Wildman–Crippen LogP) is 3.69. The standard InChI is InChI=1S/C18H30ClN3O2.HI/c1-3-6-15(9-11-23)14-22-18(20-4-2)21-10-12-24-17-8-5-7-16(19)13-17;/h5,7-8,13,15,23H,3-4,6,9-12,14H2,1-2H3,(H2,20,21,22);1H. The summed E-state index contributed by atoms with van der Waals surface area (Å²) in [6, 6.07) is 7.37. The van der Waals surface area contributed by atoms with Crippen molar-refractivity contribution in [1.82, 2.24) is 10.6 Å². The van der Waals surface area contributed by atoms with Gasteiger partial charge in [-0.2, -0.15) is 0 Å². The Balaban J connectivity index is 0.00000576. The minimum atomic E-state index is 0. The van der Waals surface area contributed by atoms with Crippen molar-refractivity contribution in [3.8, 4) is 5.75 Å². The fourth-order valence-electron chi connectivity index (χ4n) is 2.37. The third-order valence-corrected chi connectivity index (χ3v) is 3.78. The van der Waals surface area contributed by atoms with E-state index in [0.29, 0.717) is 24.1 Å². The lowest BCUT2D eigenvalue weighted by Crippen LogP contribution is -2.39. The second-order valence-electron chi connectivity index (χ2n) is 5.62. The van der Waals surface area contributed by atoms with Gasteiger partial charge in [-0.25, -0.2) is 0 Å². The average molecular weight is 484 g/mol. The second kappa shape index (κ2) is 15.5. The van der Waals surface area contributed by atoms with Gasteiger partial charge in [-0.3, -0.25) is 4.99 Å². The Morgan fingerprint density at radius 3 is 2.72 bits per heavy atom. The van der Waals surface area contributed by atoms with E-state index in [2.05, 4.69) is 22.5 Å². The summed E-state index contributed by atoms with van der Waals surface area (Å²) < 4.78 is 5.66. The highest BCUT2D eigenvalue weighted by Gasteiger charge is 2.07. The van der Waals surface area contributed by atoms with Crippen molar-refractivity contribution in [1.29, 1.82) is 0 Å². The van der Waals surface area contributed by atoms with Crippen LogP contribution in [0.5, 0.6) is 5.75 Å². The molecule has 3 N–H and O–H groups in total. The summed E-state index contributed by atoms with van der Waals surface area (Å²) in [5, 5.41) is 16.3. The van der Waals surface area contributed by atoms with Crippen LogP contribution in [0.15, 0.2) is 29.3 Å². The molecule has 1 aromatic rings. The molecule has 7 heteroatoms. The Morgan fingerprint density at radius 2 is 2.08 bits per heavy atom. The van der Waals surface area contributed by atoms with E-state index in [4.69, 9.17) is 21.4 Å². The first-order valence-corrected chi connectivity index (χ1v) is 9.08. The molecule has 0 saturated carbocycles. The van der Waals surface area contributed by atoms with Crippen LogP contribution in [0.3, 0.4) is 0 Å². The summed E-state index contributed by atoms with van der Waals surface area (Å²) in [7, 11) is 0. The normalized spacial score (nSPS) is 12.2. The van der Waals surface area contributed by atoms with Crippen LogP contribution in [0.4, 0.5) is 0 Å². The molecule has 0 radical (unpaired) electrons. The van der Waals surface area contributed by atoms with Gasteiger partial charge in [0.2, 0.25) is 0 Å². The number of ether oxygens (including phenoxy) is 1. The van der Waals surface area contributed by atoms with Crippen LogP contribution in [0, 0.1) is 5.92 Å². The predicted molar refractivity (Wildman–Crippen MR) is 116 cm³/mol. The highest BCUT2D eigenvalue weighted by molar-refractivity contribution is 14.0. The van der Waals surface area contributed by atoms with Crippen LogP contribution >= 0.6 is 35.6 Å². The van der Waals surface area contributed by atoms with Gasteiger partial charge in [-0.1, -0.05) is 31.0 Å². The SMILES string of the molecule is CCCC(CCO)CN=C(NCC)NCCOc1cccc(Cl)c1.I. The minimum Gasteiger partial charge on any atom is -0.492 e. The Hall–Kier alpha value is -0.730. The molecule has 5 nitrogen and oxygen atoms in total. The van der Waals surface area contributed by atoms with Gasteiger partial charge in [0.25, 0.3) is 0 Å². The summed E-state index contributed by atoms with van der Waals surface area (Å²) in [5.74, 6) is 1.97.